The Bertz CT molecular complexity index is 832. The summed E-state index contributed by atoms with van der Waals surface area (Å²) in [7, 11) is 1.54. The van der Waals surface area contributed by atoms with Gasteiger partial charge in [0.15, 0.2) is 0 Å². The molecule has 2 aromatic rings. The van der Waals surface area contributed by atoms with E-state index in [1.54, 1.807) is 21.0 Å². The average molecular weight is 397 g/mol. The van der Waals surface area contributed by atoms with E-state index in [-0.39, 0.29) is 18.8 Å². The number of aryl methyl sites for hydroxylation is 1. The van der Waals surface area contributed by atoms with Crippen molar-refractivity contribution in [3.8, 4) is 0 Å². The van der Waals surface area contributed by atoms with Gasteiger partial charge in [0.1, 0.15) is 15.5 Å². The second-order valence-corrected chi connectivity index (χ2v) is 7.31. The van der Waals surface area contributed by atoms with Crippen molar-refractivity contribution in [3.05, 3.63) is 26.6 Å². The Kier molecular flexibility index (Phi) is 7.91. The van der Waals surface area contributed by atoms with Gasteiger partial charge in [-0.25, -0.2) is 9.78 Å². The van der Waals surface area contributed by atoms with E-state index in [2.05, 4.69) is 9.97 Å². The number of aromatic nitrogens is 2. The zero-order valence-corrected chi connectivity index (χ0v) is 17.0. The number of rotatable bonds is 10. The lowest BCUT2D eigenvalue weighted by molar-refractivity contribution is 0.0353. The molecule has 0 unspecified atom stereocenters. The van der Waals surface area contributed by atoms with E-state index in [0.717, 1.165) is 13.0 Å². The van der Waals surface area contributed by atoms with Crippen molar-refractivity contribution in [2.75, 3.05) is 33.4 Å². The van der Waals surface area contributed by atoms with Crippen molar-refractivity contribution in [2.45, 2.75) is 39.8 Å². The monoisotopic (exact) mass is 397 g/mol. The Morgan fingerprint density at radius 2 is 2.15 bits per heavy atom. The van der Waals surface area contributed by atoms with Crippen molar-refractivity contribution >= 4 is 27.5 Å². The number of ether oxygens (including phenoxy) is 2. The second-order valence-electron chi connectivity index (χ2n) is 6.31. The largest absolute Gasteiger partial charge is 0.462 e. The zero-order valence-electron chi connectivity index (χ0n) is 16.2. The SMILES string of the molecule is CCCN(Cc1nc2sc(C(=O)OCC)c(C)c2c(=O)[nH]1)C[C@@H](O)COC. The van der Waals surface area contributed by atoms with Crippen LogP contribution in [-0.4, -0.2) is 65.5 Å². The molecular weight excluding hydrogens is 370 g/mol. The third-order valence-corrected chi connectivity index (χ3v) is 5.22. The number of thiophene rings is 1. The second kappa shape index (κ2) is 9.93. The maximum atomic E-state index is 12.5. The van der Waals surface area contributed by atoms with Crippen LogP contribution >= 0.6 is 11.3 Å². The highest BCUT2D eigenvalue weighted by atomic mass is 32.1. The van der Waals surface area contributed by atoms with Gasteiger partial charge in [-0.15, -0.1) is 11.3 Å². The van der Waals surface area contributed by atoms with E-state index in [9.17, 15) is 14.7 Å². The highest BCUT2D eigenvalue weighted by molar-refractivity contribution is 7.20. The van der Waals surface area contributed by atoms with Crippen LogP contribution in [0.15, 0.2) is 4.79 Å². The summed E-state index contributed by atoms with van der Waals surface area (Å²) in [6, 6.07) is 0. The van der Waals surface area contributed by atoms with Crippen LogP contribution in [0, 0.1) is 6.92 Å². The smallest absolute Gasteiger partial charge is 0.348 e. The number of hydrogen-bond acceptors (Lipinski definition) is 8. The van der Waals surface area contributed by atoms with Gasteiger partial charge >= 0.3 is 5.97 Å². The molecule has 0 spiro atoms. The first kappa shape index (κ1) is 21.5. The van der Waals surface area contributed by atoms with Gasteiger partial charge in [-0.1, -0.05) is 6.92 Å². The molecule has 0 radical (unpaired) electrons. The van der Waals surface area contributed by atoms with E-state index in [1.165, 1.54) is 11.3 Å². The Morgan fingerprint density at radius 3 is 2.78 bits per heavy atom. The summed E-state index contributed by atoms with van der Waals surface area (Å²) >= 11 is 1.17. The van der Waals surface area contributed by atoms with Crippen LogP contribution in [0.4, 0.5) is 0 Å². The van der Waals surface area contributed by atoms with E-state index in [1.807, 2.05) is 11.8 Å². The number of aliphatic hydroxyl groups is 1. The number of methoxy groups -OCH3 is 1. The number of aliphatic hydroxyl groups excluding tert-OH is 1. The van der Waals surface area contributed by atoms with Crippen LogP contribution < -0.4 is 5.56 Å². The van der Waals surface area contributed by atoms with Crippen molar-refractivity contribution in [1.29, 1.82) is 0 Å². The predicted octanol–water partition coefficient (Wildman–Crippen LogP) is 1.69. The minimum atomic E-state index is -0.614. The molecule has 0 aliphatic rings. The number of nitrogens with one attached hydrogen (secondary N) is 1. The fraction of sp³-hybridized carbons (Fsp3) is 0.611. The zero-order chi connectivity index (χ0) is 20.0. The molecule has 2 N–H and O–H groups in total. The van der Waals surface area contributed by atoms with E-state index < -0.39 is 12.1 Å². The lowest BCUT2D eigenvalue weighted by Crippen LogP contribution is -2.35. The Balaban J connectivity index is 2.30. The van der Waals surface area contributed by atoms with Crippen LogP contribution in [0.5, 0.6) is 0 Å². The molecule has 2 aromatic heterocycles. The van der Waals surface area contributed by atoms with Crippen LogP contribution in [-0.2, 0) is 16.0 Å². The van der Waals surface area contributed by atoms with E-state index >= 15 is 0 Å². The molecule has 2 rings (SSSR count). The third kappa shape index (κ3) is 5.35. The molecule has 0 aliphatic carbocycles. The van der Waals surface area contributed by atoms with Crippen LogP contribution in [0.25, 0.3) is 10.2 Å². The first-order chi connectivity index (χ1) is 12.9. The molecule has 0 saturated carbocycles. The Hall–Kier alpha value is -1.81. The lowest BCUT2D eigenvalue weighted by atomic mass is 10.2. The topological polar surface area (TPSA) is 105 Å². The molecule has 0 aromatic carbocycles. The average Bonchev–Trinajstić information content (AvgIpc) is 2.92. The number of esters is 1. The first-order valence-corrected chi connectivity index (χ1v) is 9.81. The molecule has 8 nitrogen and oxygen atoms in total. The standard InChI is InChI=1S/C18H27N3O5S/c1-5-7-21(8-12(22)10-25-4)9-13-19-16(23)14-11(3)15(18(24)26-6-2)27-17(14)20-13/h12,22H,5-10H2,1-4H3,(H,19,20,23)/t12-/m1/s1. The van der Waals surface area contributed by atoms with Crippen LogP contribution in [0.1, 0.15) is 41.3 Å². The summed E-state index contributed by atoms with van der Waals surface area (Å²) in [4.78, 5) is 34.9. The van der Waals surface area contributed by atoms with Gasteiger partial charge in [0.25, 0.3) is 5.56 Å². The van der Waals surface area contributed by atoms with Crippen LogP contribution in [0.2, 0.25) is 0 Å². The van der Waals surface area contributed by atoms with Gasteiger partial charge in [-0.05, 0) is 32.4 Å². The molecule has 2 heterocycles. The predicted molar refractivity (Wildman–Crippen MR) is 104 cm³/mol. The molecule has 150 valence electrons. The van der Waals surface area contributed by atoms with E-state index in [4.69, 9.17) is 9.47 Å². The fourth-order valence-electron chi connectivity index (χ4n) is 2.96. The highest BCUT2D eigenvalue weighted by Gasteiger charge is 2.21. The number of carbonyl (C=O) groups excluding carboxylic acids is 1. The lowest BCUT2D eigenvalue weighted by Gasteiger charge is -2.23. The fourth-order valence-corrected chi connectivity index (χ4v) is 4.06. The summed E-state index contributed by atoms with van der Waals surface area (Å²) in [6.45, 7) is 7.60. The van der Waals surface area contributed by atoms with Gasteiger partial charge in [0.05, 0.1) is 31.2 Å². The number of nitrogens with zero attached hydrogens (tertiary/aromatic N) is 2. The number of hydrogen-bond donors (Lipinski definition) is 2. The molecule has 0 fully saturated rings. The summed E-state index contributed by atoms with van der Waals surface area (Å²) in [5.41, 5.74) is 0.322. The van der Waals surface area contributed by atoms with Crippen molar-refractivity contribution in [3.63, 3.8) is 0 Å². The molecule has 0 aliphatic heterocycles. The third-order valence-electron chi connectivity index (χ3n) is 4.05. The van der Waals surface area contributed by atoms with Crippen molar-refractivity contribution < 1.29 is 19.4 Å². The van der Waals surface area contributed by atoms with Gasteiger partial charge < -0.3 is 19.6 Å². The molecular formula is C18H27N3O5S. The molecule has 1 atom stereocenters. The first-order valence-electron chi connectivity index (χ1n) is 8.99. The van der Waals surface area contributed by atoms with Crippen molar-refractivity contribution in [1.82, 2.24) is 14.9 Å². The molecule has 0 bridgehead atoms. The molecule has 9 heteroatoms. The minimum Gasteiger partial charge on any atom is -0.462 e. The summed E-state index contributed by atoms with van der Waals surface area (Å²) < 4.78 is 10.0. The number of carbonyl (C=O) groups is 1. The maximum Gasteiger partial charge on any atom is 0.348 e. The number of H-pyrrole nitrogens is 1. The quantitative estimate of drug-likeness (QED) is 0.588. The molecule has 0 saturated heterocycles. The Labute approximate surface area is 162 Å². The number of fused-ring (bicyclic) bond motifs is 1. The summed E-state index contributed by atoms with van der Waals surface area (Å²) in [5.74, 6) is 0.0662. The van der Waals surface area contributed by atoms with Gasteiger partial charge in [0.2, 0.25) is 0 Å². The summed E-state index contributed by atoms with van der Waals surface area (Å²) in [6.07, 6.45) is 0.286. The van der Waals surface area contributed by atoms with E-state index in [0.29, 0.717) is 39.6 Å². The van der Waals surface area contributed by atoms with Crippen LogP contribution in [0.3, 0.4) is 0 Å². The summed E-state index contributed by atoms with van der Waals surface area (Å²) in [5, 5.41) is 10.4. The van der Waals surface area contributed by atoms with Crippen molar-refractivity contribution in [2.24, 2.45) is 0 Å². The normalized spacial score (nSPS) is 12.7. The Morgan fingerprint density at radius 1 is 1.41 bits per heavy atom. The number of aromatic amines is 1. The molecule has 0 amide bonds. The highest BCUT2D eigenvalue weighted by Crippen LogP contribution is 2.27. The maximum absolute atomic E-state index is 12.5. The van der Waals surface area contributed by atoms with Gasteiger partial charge in [0, 0.05) is 13.7 Å². The molecule has 27 heavy (non-hydrogen) atoms. The minimum absolute atomic E-state index is 0.246. The van der Waals surface area contributed by atoms with Gasteiger partial charge in [-0.2, -0.15) is 0 Å². The van der Waals surface area contributed by atoms with Gasteiger partial charge in [-0.3, -0.25) is 9.69 Å².